The molecule has 3 aromatic rings. The molecule has 0 bridgehead atoms. The van der Waals surface area contributed by atoms with E-state index in [1.807, 2.05) is 12.1 Å². The predicted molar refractivity (Wildman–Crippen MR) is 99.5 cm³/mol. The molecule has 1 fully saturated rings. The Hall–Kier alpha value is -2.37. The first-order chi connectivity index (χ1) is 12.2. The van der Waals surface area contributed by atoms with Gasteiger partial charge in [0.15, 0.2) is 11.5 Å². The fourth-order valence-electron chi connectivity index (χ4n) is 3.81. The zero-order chi connectivity index (χ0) is 17.4. The molecule has 1 aliphatic rings. The molecule has 0 atom stereocenters. The second-order valence-electron chi connectivity index (χ2n) is 6.83. The van der Waals surface area contributed by atoms with E-state index in [2.05, 4.69) is 28.5 Å². The number of hydrogen-bond donors (Lipinski definition) is 1. The van der Waals surface area contributed by atoms with Gasteiger partial charge < -0.3 is 10.1 Å². The van der Waals surface area contributed by atoms with Gasteiger partial charge in [-0.15, -0.1) is 0 Å². The van der Waals surface area contributed by atoms with Crippen LogP contribution in [0.3, 0.4) is 0 Å². The zero-order valence-electron chi connectivity index (χ0n) is 15.2. The van der Waals surface area contributed by atoms with Crippen LogP contribution in [0.1, 0.15) is 50.5 Å². The van der Waals surface area contributed by atoms with Crippen LogP contribution in [0.5, 0.6) is 5.88 Å². The number of methoxy groups -OCH3 is 1. The van der Waals surface area contributed by atoms with Crippen LogP contribution in [0.2, 0.25) is 0 Å². The maximum atomic E-state index is 5.33. The molecule has 1 saturated carbocycles. The second-order valence-corrected chi connectivity index (χ2v) is 6.83. The molecule has 4 rings (SSSR count). The van der Waals surface area contributed by atoms with Gasteiger partial charge in [-0.05, 0) is 32.3 Å². The van der Waals surface area contributed by atoms with E-state index in [1.54, 1.807) is 7.11 Å². The molecular formula is C19H25N5O. The average molecular weight is 339 g/mol. The highest BCUT2D eigenvalue weighted by molar-refractivity contribution is 5.84. The van der Waals surface area contributed by atoms with Crippen molar-refractivity contribution >= 4 is 22.5 Å². The van der Waals surface area contributed by atoms with E-state index >= 15 is 0 Å². The van der Waals surface area contributed by atoms with Gasteiger partial charge in [-0.1, -0.05) is 19.8 Å². The molecule has 6 heteroatoms. The number of anilines is 1. The summed E-state index contributed by atoms with van der Waals surface area (Å²) in [6.45, 7) is 4.23. The molecule has 0 aliphatic heterocycles. The first kappa shape index (κ1) is 16.1. The van der Waals surface area contributed by atoms with E-state index in [9.17, 15) is 0 Å². The van der Waals surface area contributed by atoms with Crippen LogP contribution in [0.25, 0.3) is 16.7 Å². The fourth-order valence-corrected chi connectivity index (χ4v) is 3.81. The predicted octanol–water partition coefficient (Wildman–Crippen LogP) is 3.90. The summed E-state index contributed by atoms with van der Waals surface area (Å²) in [6, 6.07) is 4.35. The molecule has 0 spiro atoms. The topological polar surface area (TPSA) is 64.3 Å². The van der Waals surface area contributed by atoms with Crippen LogP contribution in [-0.4, -0.2) is 32.5 Å². The maximum Gasteiger partial charge on any atom is 0.215 e. The highest BCUT2D eigenvalue weighted by Gasteiger charge is 2.21. The number of pyridine rings is 1. The number of aryl methyl sites for hydroxylation is 2. The molecule has 1 aliphatic carbocycles. The molecular weight excluding hydrogens is 314 g/mol. The quantitative estimate of drug-likeness (QED) is 0.764. The Kier molecular flexibility index (Phi) is 4.19. The Morgan fingerprint density at radius 3 is 2.72 bits per heavy atom. The number of imidazole rings is 1. The number of aromatic nitrogens is 4. The molecule has 3 aromatic heterocycles. The number of ether oxygens (including phenoxy) is 1. The molecule has 0 unspecified atom stereocenters. The van der Waals surface area contributed by atoms with Gasteiger partial charge in [-0.3, -0.25) is 4.40 Å². The van der Waals surface area contributed by atoms with Crippen LogP contribution in [-0.2, 0) is 6.42 Å². The number of nitrogens with zero attached hydrogens (tertiary/aromatic N) is 4. The third-order valence-electron chi connectivity index (χ3n) is 5.00. The van der Waals surface area contributed by atoms with Crippen molar-refractivity contribution in [3.05, 3.63) is 23.7 Å². The first-order valence-corrected chi connectivity index (χ1v) is 9.20. The Balaban J connectivity index is 1.97. The van der Waals surface area contributed by atoms with Crippen molar-refractivity contribution in [3.63, 3.8) is 0 Å². The van der Waals surface area contributed by atoms with Crippen molar-refractivity contribution in [1.29, 1.82) is 0 Å². The number of rotatable bonds is 5. The third-order valence-corrected chi connectivity index (χ3v) is 5.00. The van der Waals surface area contributed by atoms with Crippen molar-refractivity contribution in [2.45, 2.75) is 58.4 Å². The van der Waals surface area contributed by atoms with Gasteiger partial charge in [0, 0.05) is 18.5 Å². The SMILES string of the molecule is CCCc1nc(C)c2c(NC3CCCC3)nc3ccc(OC)nc3n12. The van der Waals surface area contributed by atoms with Gasteiger partial charge >= 0.3 is 0 Å². The summed E-state index contributed by atoms with van der Waals surface area (Å²) >= 11 is 0. The second kappa shape index (κ2) is 6.50. The third kappa shape index (κ3) is 2.79. The summed E-state index contributed by atoms with van der Waals surface area (Å²) in [4.78, 5) is 14.4. The van der Waals surface area contributed by atoms with Crippen LogP contribution in [0.4, 0.5) is 5.82 Å². The maximum absolute atomic E-state index is 5.33. The van der Waals surface area contributed by atoms with Crippen molar-refractivity contribution < 1.29 is 4.74 Å². The van der Waals surface area contributed by atoms with Gasteiger partial charge in [0.25, 0.3) is 0 Å². The molecule has 6 nitrogen and oxygen atoms in total. The van der Waals surface area contributed by atoms with E-state index in [0.29, 0.717) is 11.9 Å². The molecule has 0 aromatic carbocycles. The zero-order valence-corrected chi connectivity index (χ0v) is 15.2. The average Bonchev–Trinajstić information content (AvgIpc) is 3.23. The van der Waals surface area contributed by atoms with Crippen molar-refractivity contribution in [1.82, 2.24) is 19.4 Å². The Morgan fingerprint density at radius 1 is 1.20 bits per heavy atom. The molecule has 0 saturated heterocycles. The lowest BCUT2D eigenvalue weighted by atomic mass is 10.2. The summed E-state index contributed by atoms with van der Waals surface area (Å²) < 4.78 is 7.50. The summed E-state index contributed by atoms with van der Waals surface area (Å²) in [6.07, 6.45) is 6.95. The smallest absolute Gasteiger partial charge is 0.215 e. The van der Waals surface area contributed by atoms with E-state index in [1.165, 1.54) is 25.7 Å². The first-order valence-electron chi connectivity index (χ1n) is 9.20. The highest BCUT2D eigenvalue weighted by Crippen LogP contribution is 2.30. The minimum Gasteiger partial charge on any atom is -0.481 e. The van der Waals surface area contributed by atoms with Crippen LogP contribution in [0.15, 0.2) is 12.1 Å². The van der Waals surface area contributed by atoms with E-state index in [0.717, 1.165) is 46.9 Å². The molecule has 3 heterocycles. The number of nitrogens with one attached hydrogen (secondary N) is 1. The Labute approximate surface area is 147 Å². The lowest BCUT2D eigenvalue weighted by Gasteiger charge is -2.16. The molecule has 0 amide bonds. The summed E-state index contributed by atoms with van der Waals surface area (Å²) in [7, 11) is 1.64. The van der Waals surface area contributed by atoms with Gasteiger partial charge in [0.1, 0.15) is 16.9 Å². The Bertz CT molecular complexity index is 911. The lowest BCUT2D eigenvalue weighted by molar-refractivity contribution is 0.399. The highest BCUT2D eigenvalue weighted by atomic mass is 16.5. The van der Waals surface area contributed by atoms with Crippen LogP contribution in [0, 0.1) is 6.92 Å². The lowest BCUT2D eigenvalue weighted by Crippen LogP contribution is -2.17. The fraction of sp³-hybridized carbons (Fsp3) is 0.526. The minimum absolute atomic E-state index is 0.504. The van der Waals surface area contributed by atoms with Gasteiger partial charge in [0.05, 0.1) is 12.8 Å². The van der Waals surface area contributed by atoms with Crippen LogP contribution >= 0.6 is 0 Å². The largest absolute Gasteiger partial charge is 0.481 e. The van der Waals surface area contributed by atoms with E-state index in [-0.39, 0.29) is 0 Å². The van der Waals surface area contributed by atoms with Gasteiger partial charge in [-0.25, -0.2) is 9.97 Å². The van der Waals surface area contributed by atoms with Crippen molar-refractivity contribution in [2.75, 3.05) is 12.4 Å². The molecule has 1 N–H and O–H groups in total. The van der Waals surface area contributed by atoms with Gasteiger partial charge in [0.2, 0.25) is 5.88 Å². The summed E-state index contributed by atoms with van der Waals surface area (Å²) in [5.41, 5.74) is 3.73. The molecule has 132 valence electrons. The standard InChI is InChI=1S/C19H25N5O/c1-4-7-15-20-12(2)17-18(21-13-8-5-6-9-13)22-14-10-11-16(25-3)23-19(14)24(15)17/h10-11,13H,4-9H2,1-3H3,(H,21,22). The van der Waals surface area contributed by atoms with Crippen molar-refractivity contribution in [3.8, 4) is 5.88 Å². The number of fused-ring (bicyclic) bond motifs is 3. The van der Waals surface area contributed by atoms with Gasteiger partial charge in [-0.2, -0.15) is 4.98 Å². The molecule has 0 radical (unpaired) electrons. The Morgan fingerprint density at radius 2 is 2.00 bits per heavy atom. The van der Waals surface area contributed by atoms with Crippen molar-refractivity contribution in [2.24, 2.45) is 0 Å². The normalized spacial score (nSPS) is 15.3. The number of hydrogen-bond acceptors (Lipinski definition) is 5. The summed E-state index contributed by atoms with van der Waals surface area (Å²) in [5.74, 6) is 2.57. The monoisotopic (exact) mass is 339 g/mol. The molecule has 25 heavy (non-hydrogen) atoms. The van der Waals surface area contributed by atoms with E-state index in [4.69, 9.17) is 14.7 Å². The summed E-state index contributed by atoms with van der Waals surface area (Å²) in [5, 5.41) is 3.67. The van der Waals surface area contributed by atoms with E-state index < -0.39 is 0 Å². The minimum atomic E-state index is 0.504. The van der Waals surface area contributed by atoms with Crippen LogP contribution < -0.4 is 10.1 Å².